The van der Waals surface area contributed by atoms with Gasteiger partial charge in [0, 0.05) is 48.1 Å². The van der Waals surface area contributed by atoms with Crippen LogP contribution < -0.4 is 0 Å². The number of nitrogens with zero attached hydrogens (tertiary/aromatic N) is 1. The number of ether oxygens (including phenoxy) is 1. The van der Waals surface area contributed by atoms with Gasteiger partial charge in [-0.25, -0.2) is 0 Å². The van der Waals surface area contributed by atoms with E-state index >= 15 is 0 Å². The van der Waals surface area contributed by atoms with Crippen molar-refractivity contribution in [2.45, 2.75) is 25.4 Å². The second-order valence-electron chi connectivity index (χ2n) is 4.39. The summed E-state index contributed by atoms with van der Waals surface area (Å²) in [6, 6.07) is 1.87. The lowest BCUT2D eigenvalue weighted by molar-refractivity contribution is 0.0777. The molecule has 1 aliphatic rings. The molecule has 0 saturated carbocycles. The van der Waals surface area contributed by atoms with E-state index in [-0.39, 0.29) is 11.9 Å². The van der Waals surface area contributed by atoms with Gasteiger partial charge in [0.15, 0.2) is 5.78 Å². The Hall–Kier alpha value is -1.68. The predicted molar refractivity (Wildman–Crippen MR) is 64.0 cm³/mol. The molecule has 4 heteroatoms. The number of nitrogens with one attached hydrogen (secondary N) is 1. The van der Waals surface area contributed by atoms with E-state index in [1.807, 2.05) is 6.07 Å². The van der Waals surface area contributed by atoms with E-state index in [4.69, 9.17) is 4.74 Å². The third-order valence-electron chi connectivity index (χ3n) is 3.22. The highest BCUT2D eigenvalue weighted by molar-refractivity contribution is 6.07. The molecule has 1 atom stereocenters. The second kappa shape index (κ2) is 4.30. The van der Waals surface area contributed by atoms with Crippen LogP contribution in [0, 0.1) is 0 Å². The van der Waals surface area contributed by atoms with E-state index in [2.05, 4.69) is 9.97 Å². The van der Waals surface area contributed by atoms with Crippen LogP contribution in [0.2, 0.25) is 0 Å². The van der Waals surface area contributed by atoms with Gasteiger partial charge in [0.1, 0.15) is 0 Å². The lowest BCUT2D eigenvalue weighted by atomic mass is 10.0. The van der Waals surface area contributed by atoms with Crippen LogP contribution in [0.4, 0.5) is 0 Å². The number of Topliss-reactive ketones (excluding diaryl/α,β-unsaturated/α-hetero) is 1. The Morgan fingerprint density at radius 2 is 2.53 bits per heavy atom. The van der Waals surface area contributed by atoms with Crippen LogP contribution in [0.25, 0.3) is 10.9 Å². The van der Waals surface area contributed by atoms with Gasteiger partial charge in [0.2, 0.25) is 0 Å². The Labute approximate surface area is 99.0 Å². The Kier molecular flexibility index (Phi) is 2.65. The molecule has 0 radical (unpaired) electrons. The fraction of sp³-hybridized carbons (Fsp3) is 0.385. The van der Waals surface area contributed by atoms with Crippen molar-refractivity contribution in [2.24, 2.45) is 0 Å². The molecule has 3 heterocycles. The third-order valence-corrected chi connectivity index (χ3v) is 3.22. The maximum atomic E-state index is 12.1. The molecule has 17 heavy (non-hydrogen) atoms. The van der Waals surface area contributed by atoms with Gasteiger partial charge in [0.05, 0.1) is 6.10 Å². The second-order valence-corrected chi connectivity index (χ2v) is 4.39. The van der Waals surface area contributed by atoms with Crippen LogP contribution in [0.15, 0.2) is 24.7 Å². The molecule has 0 spiro atoms. The van der Waals surface area contributed by atoms with Crippen molar-refractivity contribution in [3.05, 3.63) is 30.2 Å². The summed E-state index contributed by atoms with van der Waals surface area (Å²) in [7, 11) is 0. The number of ketones is 1. The molecule has 88 valence electrons. The summed E-state index contributed by atoms with van der Waals surface area (Å²) in [5, 5.41) is 0.899. The van der Waals surface area contributed by atoms with Crippen LogP contribution >= 0.6 is 0 Å². The molecule has 1 saturated heterocycles. The number of fused-ring (bicyclic) bond motifs is 1. The molecule has 0 aliphatic carbocycles. The summed E-state index contributed by atoms with van der Waals surface area (Å²) in [5.41, 5.74) is 1.68. The zero-order chi connectivity index (χ0) is 11.7. The lowest BCUT2D eigenvalue weighted by Gasteiger charge is -2.07. The first-order valence-corrected chi connectivity index (χ1v) is 5.90. The molecule has 0 aromatic carbocycles. The van der Waals surface area contributed by atoms with Gasteiger partial charge in [-0.15, -0.1) is 0 Å². The Morgan fingerprint density at radius 1 is 1.59 bits per heavy atom. The van der Waals surface area contributed by atoms with E-state index in [0.717, 1.165) is 35.9 Å². The lowest BCUT2D eigenvalue weighted by Crippen LogP contribution is -2.12. The van der Waals surface area contributed by atoms with Crippen molar-refractivity contribution < 1.29 is 9.53 Å². The zero-order valence-corrected chi connectivity index (χ0v) is 9.48. The quantitative estimate of drug-likeness (QED) is 0.823. The molecule has 2 aromatic heterocycles. The number of H-pyrrole nitrogens is 1. The van der Waals surface area contributed by atoms with Crippen molar-refractivity contribution in [1.29, 1.82) is 0 Å². The summed E-state index contributed by atoms with van der Waals surface area (Å²) < 4.78 is 5.49. The topological polar surface area (TPSA) is 55.0 Å². The summed E-state index contributed by atoms with van der Waals surface area (Å²) in [6.45, 7) is 0.785. The van der Waals surface area contributed by atoms with E-state index in [1.54, 1.807) is 18.6 Å². The molecule has 1 aliphatic heterocycles. The molecule has 0 amide bonds. The number of carbonyl (C=O) groups is 1. The SMILES string of the molecule is O=C(CC1CCCO1)c1c[nH]c2ccncc12. The molecular weight excluding hydrogens is 216 g/mol. The minimum atomic E-state index is 0.101. The first-order valence-electron chi connectivity index (χ1n) is 5.90. The zero-order valence-electron chi connectivity index (χ0n) is 9.48. The molecule has 2 aromatic rings. The van der Waals surface area contributed by atoms with Gasteiger partial charge < -0.3 is 9.72 Å². The average Bonchev–Trinajstić information content (AvgIpc) is 2.96. The largest absolute Gasteiger partial charge is 0.378 e. The van der Waals surface area contributed by atoms with Gasteiger partial charge in [-0.1, -0.05) is 0 Å². The minimum absolute atomic E-state index is 0.101. The Morgan fingerprint density at radius 3 is 3.35 bits per heavy atom. The van der Waals surface area contributed by atoms with Crippen molar-refractivity contribution >= 4 is 16.7 Å². The van der Waals surface area contributed by atoms with Gasteiger partial charge in [-0.3, -0.25) is 9.78 Å². The summed E-state index contributed by atoms with van der Waals surface area (Å²) in [4.78, 5) is 19.3. The van der Waals surface area contributed by atoms with Crippen molar-refractivity contribution in [1.82, 2.24) is 9.97 Å². The normalized spacial score (nSPS) is 19.9. The Bertz CT molecular complexity index is 541. The van der Waals surface area contributed by atoms with Crippen LogP contribution in [0.3, 0.4) is 0 Å². The summed E-state index contributed by atoms with van der Waals surface area (Å²) in [6.07, 6.45) is 7.84. The molecule has 4 nitrogen and oxygen atoms in total. The number of carbonyl (C=O) groups excluding carboxylic acids is 1. The van der Waals surface area contributed by atoms with Crippen LogP contribution in [0.1, 0.15) is 29.6 Å². The monoisotopic (exact) mass is 230 g/mol. The van der Waals surface area contributed by atoms with Crippen LogP contribution in [0.5, 0.6) is 0 Å². The fourth-order valence-corrected chi connectivity index (χ4v) is 2.32. The Balaban J connectivity index is 1.85. The molecule has 1 N–H and O–H groups in total. The van der Waals surface area contributed by atoms with Crippen molar-refractivity contribution in [3.63, 3.8) is 0 Å². The molecule has 1 unspecified atom stereocenters. The molecule has 0 bridgehead atoms. The van der Waals surface area contributed by atoms with Crippen LogP contribution in [-0.4, -0.2) is 28.5 Å². The maximum Gasteiger partial charge on any atom is 0.167 e. The van der Waals surface area contributed by atoms with E-state index in [1.165, 1.54) is 0 Å². The highest BCUT2D eigenvalue weighted by Gasteiger charge is 2.21. The van der Waals surface area contributed by atoms with Gasteiger partial charge in [-0.2, -0.15) is 0 Å². The summed E-state index contributed by atoms with van der Waals surface area (Å²) in [5.74, 6) is 0.135. The van der Waals surface area contributed by atoms with Crippen molar-refractivity contribution in [3.8, 4) is 0 Å². The number of aromatic amines is 1. The van der Waals surface area contributed by atoms with Crippen LogP contribution in [-0.2, 0) is 4.74 Å². The molecular formula is C13H14N2O2. The molecule has 1 fully saturated rings. The van der Waals surface area contributed by atoms with Gasteiger partial charge in [0.25, 0.3) is 0 Å². The third kappa shape index (κ3) is 1.96. The number of hydrogen-bond acceptors (Lipinski definition) is 3. The maximum absolute atomic E-state index is 12.1. The van der Waals surface area contributed by atoms with E-state index < -0.39 is 0 Å². The van der Waals surface area contributed by atoms with E-state index in [9.17, 15) is 4.79 Å². The first-order chi connectivity index (χ1) is 8.34. The predicted octanol–water partition coefficient (Wildman–Crippen LogP) is 2.31. The number of pyridine rings is 1. The first kappa shape index (κ1) is 10.5. The number of aromatic nitrogens is 2. The number of rotatable bonds is 3. The summed E-state index contributed by atoms with van der Waals surface area (Å²) >= 11 is 0. The standard InChI is InChI=1S/C13H14N2O2/c16-13(6-9-2-1-5-17-9)11-8-15-12-3-4-14-7-10(11)12/h3-4,7-9,15H,1-2,5-6H2. The fourth-order valence-electron chi connectivity index (χ4n) is 2.32. The smallest absolute Gasteiger partial charge is 0.167 e. The van der Waals surface area contributed by atoms with Gasteiger partial charge in [-0.05, 0) is 18.9 Å². The van der Waals surface area contributed by atoms with Crippen molar-refractivity contribution in [2.75, 3.05) is 6.61 Å². The highest BCUT2D eigenvalue weighted by Crippen LogP contribution is 2.22. The van der Waals surface area contributed by atoms with E-state index in [0.29, 0.717) is 6.42 Å². The highest BCUT2D eigenvalue weighted by atomic mass is 16.5. The average molecular weight is 230 g/mol. The number of hydrogen-bond donors (Lipinski definition) is 1. The minimum Gasteiger partial charge on any atom is -0.378 e. The van der Waals surface area contributed by atoms with Gasteiger partial charge >= 0.3 is 0 Å². The molecule has 3 rings (SSSR count).